The van der Waals surface area contributed by atoms with E-state index in [9.17, 15) is 4.79 Å². The van der Waals surface area contributed by atoms with Gasteiger partial charge in [0.15, 0.2) is 0 Å². The molecule has 0 aliphatic rings. The first-order chi connectivity index (χ1) is 9.20. The van der Waals surface area contributed by atoms with Gasteiger partial charge in [0.25, 0.3) is 5.91 Å². The Morgan fingerprint density at radius 3 is 2.84 bits per heavy atom. The molecule has 19 heavy (non-hydrogen) atoms. The summed E-state index contributed by atoms with van der Waals surface area (Å²) in [5.74, 6) is 5.17. The van der Waals surface area contributed by atoms with Crippen molar-refractivity contribution in [3.05, 3.63) is 53.3 Å². The fourth-order valence-corrected chi connectivity index (χ4v) is 1.70. The van der Waals surface area contributed by atoms with Crippen LogP contribution in [0.3, 0.4) is 0 Å². The Morgan fingerprint density at radius 2 is 2.21 bits per heavy atom. The van der Waals surface area contributed by atoms with Crippen molar-refractivity contribution in [1.29, 1.82) is 0 Å². The topological polar surface area (TPSA) is 92.9 Å². The van der Waals surface area contributed by atoms with Crippen molar-refractivity contribution in [3.8, 4) is 0 Å². The van der Waals surface area contributed by atoms with E-state index in [0.29, 0.717) is 17.8 Å². The van der Waals surface area contributed by atoms with Crippen molar-refractivity contribution in [3.63, 3.8) is 0 Å². The summed E-state index contributed by atoms with van der Waals surface area (Å²) >= 11 is 0. The lowest BCUT2D eigenvalue weighted by Crippen LogP contribution is -2.24. The third-order valence-corrected chi connectivity index (χ3v) is 2.70. The Morgan fingerprint density at radius 1 is 1.37 bits per heavy atom. The fraction of sp³-hybridized carbons (Fsp3) is 0.154. The standard InChI is InChI=1S/C13H15N5O/c1-9-7-10(17-14)4-5-12(9)13(19)15-8-11-3-2-6-16-18-11/h2-7,17H,8,14H2,1H3,(H,15,19). The number of nitrogens with two attached hydrogens (primary N) is 1. The van der Waals surface area contributed by atoms with Crippen molar-refractivity contribution < 1.29 is 4.79 Å². The molecular formula is C13H15N5O. The van der Waals surface area contributed by atoms with E-state index in [0.717, 1.165) is 11.3 Å². The second-order valence-electron chi connectivity index (χ2n) is 4.07. The summed E-state index contributed by atoms with van der Waals surface area (Å²) in [5.41, 5.74) is 5.49. The minimum Gasteiger partial charge on any atom is -0.346 e. The third-order valence-electron chi connectivity index (χ3n) is 2.70. The summed E-state index contributed by atoms with van der Waals surface area (Å²) in [4.78, 5) is 12.0. The molecule has 2 aromatic rings. The fourth-order valence-electron chi connectivity index (χ4n) is 1.70. The molecule has 0 aliphatic heterocycles. The number of nitrogens with one attached hydrogen (secondary N) is 2. The van der Waals surface area contributed by atoms with E-state index in [1.807, 2.05) is 19.1 Å². The molecule has 1 aromatic carbocycles. The molecule has 4 N–H and O–H groups in total. The molecular weight excluding hydrogens is 242 g/mol. The number of benzene rings is 1. The Bertz CT molecular complexity index is 571. The molecule has 2 rings (SSSR count). The molecule has 0 unspecified atom stereocenters. The van der Waals surface area contributed by atoms with E-state index < -0.39 is 0 Å². The van der Waals surface area contributed by atoms with Crippen molar-refractivity contribution in [2.75, 3.05) is 5.43 Å². The lowest BCUT2D eigenvalue weighted by atomic mass is 10.1. The summed E-state index contributed by atoms with van der Waals surface area (Å²) in [6.45, 7) is 2.21. The summed E-state index contributed by atoms with van der Waals surface area (Å²) in [6.07, 6.45) is 1.59. The predicted molar refractivity (Wildman–Crippen MR) is 72.2 cm³/mol. The highest BCUT2D eigenvalue weighted by atomic mass is 16.1. The first-order valence-corrected chi connectivity index (χ1v) is 5.83. The van der Waals surface area contributed by atoms with Gasteiger partial charge in [-0.05, 0) is 42.8 Å². The van der Waals surface area contributed by atoms with Crippen molar-refractivity contribution in [2.24, 2.45) is 5.84 Å². The van der Waals surface area contributed by atoms with Gasteiger partial charge in [0, 0.05) is 17.4 Å². The number of anilines is 1. The van der Waals surface area contributed by atoms with Crippen LogP contribution in [0.4, 0.5) is 5.69 Å². The monoisotopic (exact) mass is 257 g/mol. The molecule has 0 fully saturated rings. The number of hydrogen-bond acceptors (Lipinski definition) is 5. The molecule has 0 radical (unpaired) electrons. The zero-order valence-corrected chi connectivity index (χ0v) is 10.6. The highest BCUT2D eigenvalue weighted by Crippen LogP contribution is 2.14. The van der Waals surface area contributed by atoms with E-state index in [1.165, 1.54) is 0 Å². The van der Waals surface area contributed by atoms with Gasteiger partial charge in [-0.1, -0.05) is 0 Å². The third kappa shape index (κ3) is 3.26. The Kier molecular flexibility index (Phi) is 4.04. The van der Waals surface area contributed by atoms with Crippen LogP contribution in [-0.4, -0.2) is 16.1 Å². The van der Waals surface area contributed by atoms with Gasteiger partial charge >= 0.3 is 0 Å². The van der Waals surface area contributed by atoms with E-state index >= 15 is 0 Å². The van der Waals surface area contributed by atoms with Crippen molar-refractivity contribution in [2.45, 2.75) is 13.5 Å². The summed E-state index contributed by atoms with van der Waals surface area (Å²) < 4.78 is 0. The van der Waals surface area contributed by atoms with Crippen LogP contribution in [0.15, 0.2) is 36.5 Å². The van der Waals surface area contributed by atoms with Crippen LogP contribution in [0.25, 0.3) is 0 Å². The van der Waals surface area contributed by atoms with Crippen LogP contribution < -0.4 is 16.6 Å². The minimum absolute atomic E-state index is 0.147. The van der Waals surface area contributed by atoms with Crippen LogP contribution in [0.2, 0.25) is 0 Å². The molecule has 98 valence electrons. The first-order valence-electron chi connectivity index (χ1n) is 5.83. The first kappa shape index (κ1) is 13.0. The number of carbonyl (C=O) groups is 1. The number of carbonyl (C=O) groups excluding carboxylic acids is 1. The van der Waals surface area contributed by atoms with Crippen LogP contribution in [0.1, 0.15) is 21.6 Å². The minimum atomic E-state index is -0.147. The number of nitrogen functional groups attached to an aromatic ring is 1. The molecule has 1 aromatic heterocycles. The molecule has 0 spiro atoms. The number of amides is 1. The molecule has 0 atom stereocenters. The van der Waals surface area contributed by atoms with E-state index in [-0.39, 0.29) is 5.91 Å². The molecule has 0 saturated carbocycles. The SMILES string of the molecule is Cc1cc(NN)ccc1C(=O)NCc1cccnn1. The van der Waals surface area contributed by atoms with Gasteiger partial charge in [-0.3, -0.25) is 10.6 Å². The highest BCUT2D eigenvalue weighted by Gasteiger charge is 2.09. The Hall–Kier alpha value is -2.47. The molecule has 0 aliphatic carbocycles. The predicted octanol–water partition coefficient (Wildman–Crippen LogP) is 1.00. The second kappa shape index (κ2) is 5.92. The van der Waals surface area contributed by atoms with Gasteiger partial charge < -0.3 is 10.7 Å². The zero-order chi connectivity index (χ0) is 13.7. The van der Waals surface area contributed by atoms with E-state index in [2.05, 4.69) is 20.9 Å². The lowest BCUT2D eigenvalue weighted by Gasteiger charge is -2.08. The quantitative estimate of drug-likeness (QED) is 0.561. The maximum Gasteiger partial charge on any atom is 0.251 e. The Balaban J connectivity index is 2.04. The molecule has 1 amide bonds. The van der Waals surface area contributed by atoms with Gasteiger partial charge in [0.1, 0.15) is 0 Å². The number of rotatable bonds is 4. The average Bonchev–Trinajstić information content (AvgIpc) is 2.45. The summed E-state index contributed by atoms with van der Waals surface area (Å²) in [7, 11) is 0. The van der Waals surface area contributed by atoms with Crippen LogP contribution in [0.5, 0.6) is 0 Å². The largest absolute Gasteiger partial charge is 0.346 e. The number of hydrogen-bond donors (Lipinski definition) is 3. The van der Waals surface area contributed by atoms with Gasteiger partial charge in [0.05, 0.1) is 12.2 Å². The lowest BCUT2D eigenvalue weighted by molar-refractivity contribution is 0.0949. The molecule has 6 nitrogen and oxygen atoms in total. The van der Waals surface area contributed by atoms with Crippen LogP contribution in [0, 0.1) is 6.92 Å². The van der Waals surface area contributed by atoms with Gasteiger partial charge in [0.2, 0.25) is 0 Å². The van der Waals surface area contributed by atoms with E-state index in [4.69, 9.17) is 5.84 Å². The number of hydrazine groups is 1. The smallest absolute Gasteiger partial charge is 0.251 e. The number of nitrogens with zero attached hydrogens (tertiary/aromatic N) is 2. The maximum atomic E-state index is 12.0. The van der Waals surface area contributed by atoms with Crippen LogP contribution in [-0.2, 0) is 6.54 Å². The normalized spacial score (nSPS) is 10.0. The average molecular weight is 257 g/mol. The number of aromatic nitrogens is 2. The maximum absolute atomic E-state index is 12.0. The second-order valence-corrected chi connectivity index (χ2v) is 4.07. The van der Waals surface area contributed by atoms with Crippen molar-refractivity contribution in [1.82, 2.24) is 15.5 Å². The van der Waals surface area contributed by atoms with Gasteiger partial charge in [-0.25, -0.2) is 0 Å². The van der Waals surface area contributed by atoms with Gasteiger partial charge in [-0.15, -0.1) is 0 Å². The zero-order valence-electron chi connectivity index (χ0n) is 10.6. The molecule has 0 bridgehead atoms. The highest BCUT2D eigenvalue weighted by molar-refractivity contribution is 5.95. The molecule has 0 saturated heterocycles. The molecule has 6 heteroatoms. The van der Waals surface area contributed by atoms with E-state index in [1.54, 1.807) is 24.4 Å². The van der Waals surface area contributed by atoms with Crippen LogP contribution >= 0.6 is 0 Å². The van der Waals surface area contributed by atoms with Crippen molar-refractivity contribution >= 4 is 11.6 Å². The Labute approximate surface area is 111 Å². The molecule has 1 heterocycles. The van der Waals surface area contributed by atoms with Gasteiger partial charge in [-0.2, -0.15) is 10.2 Å². The summed E-state index contributed by atoms with van der Waals surface area (Å²) in [6, 6.07) is 8.89. The number of aryl methyl sites for hydroxylation is 1. The summed E-state index contributed by atoms with van der Waals surface area (Å²) in [5, 5.41) is 10.5.